The van der Waals surface area contributed by atoms with Gasteiger partial charge in [0, 0.05) is 25.1 Å². The van der Waals surface area contributed by atoms with Gasteiger partial charge in [-0.2, -0.15) is 0 Å². The van der Waals surface area contributed by atoms with Crippen LogP contribution in [0.5, 0.6) is 0 Å². The fraction of sp³-hybridized carbons (Fsp3) is 0.474. The molecule has 0 aliphatic heterocycles. The average Bonchev–Trinajstić information content (AvgIpc) is 2.95. The number of aliphatic imine (C=N–C) groups is 1. The number of thiazole rings is 1. The van der Waals surface area contributed by atoms with Crippen molar-refractivity contribution in [2.75, 3.05) is 20.2 Å². The molecule has 1 unspecified atom stereocenters. The lowest BCUT2D eigenvalue weighted by Crippen LogP contribution is -2.37. The van der Waals surface area contributed by atoms with Gasteiger partial charge in [-0.25, -0.2) is 4.98 Å². The lowest BCUT2D eigenvalue weighted by atomic mass is 10.1. The third kappa shape index (κ3) is 6.48. The lowest BCUT2D eigenvalue weighted by Gasteiger charge is -2.14. The van der Waals surface area contributed by atoms with Crippen LogP contribution in [0, 0.1) is 13.8 Å². The Labute approximate surface area is 154 Å². The molecule has 0 saturated heterocycles. The fourth-order valence-electron chi connectivity index (χ4n) is 2.48. The number of aromatic nitrogens is 1. The Morgan fingerprint density at radius 1 is 1.24 bits per heavy atom. The largest absolute Gasteiger partial charge is 0.374 e. The summed E-state index contributed by atoms with van der Waals surface area (Å²) >= 11 is 1.72. The molecule has 0 aliphatic carbocycles. The van der Waals surface area contributed by atoms with Crippen LogP contribution in [0.1, 0.15) is 40.6 Å². The van der Waals surface area contributed by atoms with Crippen molar-refractivity contribution in [1.29, 1.82) is 0 Å². The Hall–Kier alpha value is -1.92. The van der Waals surface area contributed by atoms with Crippen molar-refractivity contribution in [3.05, 3.63) is 51.5 Å². The summed E-state index contributed by atoms with van der Waals surface area (Å²) in [5.41, 5.74) is 2.30. The summed E-state index contributed by atoms with van der Waals surface area (Å²) in [5, 5.41) is 7.76. The topological polar surface area (TPSA) is 58.5 Å². The fourth-order valence-corrected chi connectivity index (χ4v) is 3.36. The molecule has 1 aromatic carbocycles. The van der Waals surface area contributed by atoms with Gasteiger partial charge < -0.3 is 15.4 Å². The van der Waals surface area contributed by atoms with Gasteiger partial charge in [-0.05, 0) is 32.8 Å². The Morgan fingerprint density at radius 2 is 2.00 bits per heavy atom. The molecule has 0 saturated carbocycles. The molecule has 5 nitrogen and oxygen atoms in total. The van der Waals surface area contributed by atoms with Gasteiger partial charge in [0.1, 0.15) is 0 Å². The third-order valence-corrected chi connectivity index (χ3v) is 4.96. The molecule has 136 valence electrons. The van der Waals surface area contributed by atoms with Crippen LogP contribution in [0.25, 0.3) is 0 Å². The first kappa shape index (κ1) is 19.4. The van der Waals surface area contributed by atoms with Crippen molar-refractivity contribution in [1.82, 2.24) is 15.6 Å². The standard InChI is InChI=1S/C19H28N4OS/c1-14-18(25-16(3)23-14)13-22-19(20-4)21-11-8-12-24-15(2)17-9-6-5-7-10-17/h5-7,9-10,15H,8,11-13H2,1-4H3,(H2,20,21,22). The Morgan fingerprint density at radius 3 is 2.64 bits per heavy atom. The van der Waals surface area contributed by atoms with E-state index in [9.17, 15) is 0 Å². The first-order valence-corrected chi connectivity index (χ1v) is 9.45. The normalized spacial score (nSPS) is 12.9. The number of guanidine groups is 1. The van der Waals surface area contributed by atoms with Gasteiger partial charge in [-0.3, -0.25) is 4.99 Å². The minimum atomic E-state index is 0.121. The molecule has 0 fully saturated rings. The first-order chi connectivity index (χ1) is 12.1. The van der Waals surface area contributed by atoms with Crippen molar-refractivity contribution in [2.24, 2.45) is 4.99 Å². The molecule has 0 radical (unpaired) electrons. The molecule has 1 heterocycles. The van der Waals surface area contributed by atoms with E-state index in [1.807, 2.05) is 32.0 Å². The maximum atomic E-state index is 5.88. The number of nitrogens with one attached hydrogen (secondary N) is 2. The van der Waals surface area contributed by atoms with Crippen LogP contribution in [0.15, 0.2) is 35.3 Å². The van der Waals surface area contributed by atoms with Gasteiger partial charge in [0.2, 0.25) is 0 Å². The zero-order valence-electron chi connectivity index (χ0n) is 15.5. The molecule has 0 bridgehead atoms. The van der Waals surface area contributed by atoms with Gasteiger partial charge in [-0.15, -0.1) is 11.3 Å². The molecule has 0 amide bonds. The third-order valence-electron chi connectivity index (χ3n) is 3.89. The van der Waals surface area contributed by atoms with E-state index in [0.717, 1.165) is 36.2 Å². The zero-order valence-corrected chi connectivity index (χ0v) is 16.3. The zero-order chi connectivity index (χ0) is 18.1. The summed E-state index contributed by atoms with van der Waals surface area (Å²) in [7, 11) is 1.79. The number of rotatable bonds is 8. The highest BCUT2D eigenvalue weighted by Gasteiger charge is 2.06. The number of benzene rings is 1. The van der Waals surface area contributed by atoms with E-state index in [1.54, 1.807) is 18.4 Å². The van der Waals surface area contributed by atoms with E-state index >= 15 is 0 Å². The minimum Gasteiger partial charge on any atom is -0.374 e. The quantitative estimate of drug-likeness (QED) is 0.429. The summed E-state index contributed by atoms with van der Waals surface area (Å²) in [6.45, 7) is 8.45. The molecule has 2 rings (SSSR count). The molecule has 0 aliphatic rings. The predicted molar refractivity (Wildman–Crippen MR) is 105 cm³/mol. The van der Waals surface area contributed by atoms with E-state index in [4.69, 9.17) is 4.74 Å². The summed E-state index contributed by atoms with van der Waals surface area (Å²) < 4.78 is 5.88. The monoisotopic (exact) mass is 360 g/mol. The van der Waals surface area contributed by atoms with Gasteiger partial charge in [0.05, 0.1) is 23.4 Å². The second-order valence-corrected chi connectivity index (χ2v) is 7.16. The van der Waals surface area contributed by atoms with Gasteiger partial charge in [-0.1, -0.05) is 30.3 Å². The van der Waals surface area contributed by atoms with Crippen LogP contribution in [0.3, 0.4) is 0 Å². The molecule has 0 spiro atoms. The predicted octanol–water partition coefficient (Wildman–Crippen LogP) is 3.59. The smallest absolute Gasteiger partial charge is 0.191 e. The molecule has 2 aromatic rings. The van der Waals surface area contributed by atoms with E-state index in [1.165, 1.54) is 10.4 Å². The minimum absolute atomic E-state index is 0.121. The van der Waals surface area contributed by atoms with Crippen LogP contribution in [0.4, 0.5) is 0 Å². The SMILES string of the molecule is CN=C(NCCCOC(C)c1ccccc1)NCc1sc(C)nc1C. The molecule has 1 atom stereocenters. The number of aryl methyl sites for hydroxylation is 2. The van der Waals surface area contributed by atoms with Crippen LogP contribution in [-0.2, 0) is 11.3 Å². The van der Waals surface area contributed by atoms with Crippen LogP contribution in [-0.4, -0.2) is 31.1 Å². The first-order valence-electron chi connectivity index (χ1n) is 8.64. The van der Waals surface area contributed by atoms with E-state index in [0.29, 0.717) is 6.61 Å². The van der Waals surface area contributed by atoms with E-state index in [2.05, 4.69) is 39.7 Å². The van der Waals surface area contributed by atoms with Crippen molar-refractivity contribution in [2.45, 2.75) is 39.8 Å². The summed E-state index contributed by atoms with van der Waals surface area (Å²) in [5.74, 6) is 0.807. The van der Waals surface area contributed by atoms with Crippen molar-refractivity contribution < 1.29 is 4.74 Å². The maximum absolute atomic E-state index is 5.88. The molecule has 2 N–H and O–H groups in total. The van der Waals surface area contributed by atoms with Crippen LogP contribution in [0.2, 0.25) is 0 Å². The highest BCUT2D eigenvalue weighted by Crippen LogP contribution is 2.17. The van der Waals surface area contributed by atoms with Gasteiger partial charge in [0.15, 0.2) is 5.96 Å². The molecule has 25 heavy (non-hydrogen) atoms. The van der Waals surface area contributed by atoms with E-state index in [-0.39, 0.29) is 6.10 Å². The molecular formula is C19H28N4OS. The lowest BCUT2D eigenvalue weighted by molar-refractivity contribution is 0.0646. The second kappa shape index (κ2) is 10.2. The Kier molecular flexibility index (Phi) is 7.88. The second-order valence-electron chi connectivity index (χ2n) is 5.87. The summed E-state index contributed by atoms with van der Waals surface area (Å²) in [6.07, 6.45) is 1.05. The highest BCUT2D eigenvalue weighted by molar-refractivity contribution is 7.11. The molecule has 1 aromatic heterocycles. The van der Waals surface area contributed by atoms with Crippen molar-refractivity contribution in [3.8, 4) is 0 Å². The van der Waals surface area contributed by atoms with Gasteiger partial charge in [0.25, 0.3) is 0 Å². The highest BCUT2D eigenvalue weighted by atomic mass is 32.1. The molecular weight excluding hydrogens is 332 g/mol. The Balaban J connectivity index is 1.63. The number of hydrogen-bond donors (Lipinski definition) is 2. The van der Waals surface area contributed by atoms with Crippen molar-refractivity contribution in [3.63, 3.8) is 0 Å². The number of hydrogen-bond acceptors (Lipinski definition) is 4. The summed E-state index contributed by atoms with van der Waals surface area (Å²) in [4.78, 5) is 9.95. The number of nitrogens with zero attached hydrogens (tertiary/aromatic N) is 2. The summed E-state index contributed by atoms with van der Waals surface area (Å²) in [6, 6.07) is 10.3. The maximum Gasteiger partial charge on any atom is 0.191 e. The van der Waals surface area contributed by atoms with Crippen molar-refractivity contribution >= 4 is 17.3 Å². The van der Waals surface area contributed by atoms with Crippen LogP contribution < -0.4 is 10.6 Å². The van der Waals surface area contributed by atoms with Crippen LogP contribution >= 0.6 is 11.3 Å². The Bertz CT molecular complexity index is 669. The number of ether oxygens (including phenoxy) is 1. The van der Waals surface area contributed by atoms with E-state index < -0.39 is 0 Å². The van der Waals surface area contributed by atoms with Gasteiger partial charge >= 0.3 is 0 Å². The average molecular weight is 361 g/mol. The molecule has 6 heteroatoms.